The van der Waals surface area contributed by atoms with Crippen molar-refractivity contribution in [3.8, 4) is 11.5 Å². The van der Waals surface area contributed by atoms with Crippen LogP contribution in [0, 0.1) is 0 Å². The van der Waals surface area contributed by atoms with Crippen LogP contribution in [0.2, 0.25) is 5.02 Å². The molecular weight excluding hydrogens is 344 g/mol. The van der Waals surface area contributed by atoms with Crippen molar-refractivity contribution in [1.29, 1.82) is 0 Å². The van der Waals surface area contributed by atoms with Crippen LogP contribution in [-0.4, -0.2) is 19.3 Å². The van der Waals surface area contributed by atoms with Crippen LogP contribution in [0.15, 0.2) is 40.9 Å². The number of hydrogen-bond acceptors (Lipinski definition) is 3. The highest BCUT2D eigenvalue weighted by Crippen LogP contribution is 2.34. The zero-order chi connectivity index (χ0) is 14.7. The second-order valence-electron chi connectivity index (χ2n) is 4.21. The van der Waals surface area contributed by atoms with Crippen molar-refractivity contribution in [2.45, 2.75) is 6.10 Å². The molecule has 0 fully saturated rings. The van der Waals surface area contributed by atoms with Gasteiger partial charge in [-0.2, -0.15) is 0 Å². The normalized spacial score (nSPS) is 12.1. The van der Waals surface area contributed by atoms with Crippen LogP contribution >= 0.6 is 27.5 Å². The summed E-state index contributed by atoms with van der Waals surface area (Å²) in [5.74, 6) is 1.25. The van der Waals surface area contributed by atoms with E-state index in [2.05, 4.69) is 15.9 Å². The maximum atomic E-state index is 10.6. The molecule has 0 saturated heterocycles. The van der Waals surface area contributed by atoms with Gasteiger partial charge < -0.3 is 14.6 Å². The zero-order valence-corrected chi connectivity index (χ0v) is 13.4. The average Bonchev–Trinajstić information content (AvgIpc) is 2.44. The average molecular weight is 358 g/mol. The Kier molecular flexibility index (Phi) is 4.91. The van der Waals surface area contributed by atoms with Crippen molar-refractivity contribution in [3.63, 3.8) is 0 Å². The van der Waals surface area contributed by atoms with Gasteiger partial charge in [-0.3, -0.25) is 0 Å². The molecular formula is C15H14BrClO3. The number of methoxy groups -OCH3 is 2. The molecule has 2 aromatic rings. The van der Waals surface area contributed by atoms with Crippen molar-refractivity contribution in [2.24, 2.45) is 0 Å². The Hall–Kier alpha value is -1.23. The number of hydrogen-bond donors (Lipinski definition) is 1. The second-order valence-corrected chi connectivity index (χ2v) is 5.57. The lowest BCUT2D eigenvalue weighted by Gasteiger charge is -2.17. The quantitative estimate of drug-likeness (QED) is 0.891. The Morgan fingerprint density at radius 1 is 1.10 bits per heavy atom. The number of rotatable bonds is 4. The number of aliphatic hydroxyl groups is 1. The molecule has 0 radical (unpaired) electrons. The fraction of sp³-hybridized carbons (Fsp3) is 0.200. The van der Waals surface area contributed by atoms with Crippen LogP contribution in [-0.2, 0) is 0 Å². The molecule has 0 aliphatic heterocycles. The molecule has 0 aliphatic rings. The van der Waals surface area contributed by atoms with Crippen molar-refractivity contribution in [1.82, 2.24) is 0 Å². The van der Waals surface area contributed by atoms with Crippen molar-refractivity contribution >= 4 is 27.5 Å². The Balaban J connectivity index is 2.48. The van der Waals surface area contributed by atoms with Crippen LogP contribution in [0.4, 0.5) is 0 Å². The van der Waals surface area contributed by atoms with Gasteiger partial charge in [0.1, 0.15) is 17.6 Å². The van der Waals surface area contributed by atoms with Crippen LogP contribution in [0.25, 0.3) is 0 Å². The van der Waals surface area contributed by atoms with E-state index in [4.69, 9.17) is 21.1 Å². The van der Waals surface area contributed by atoms with E-state index in [0.29, 0.717) is 27.6 Å². The summed E-state index contributed by atoms with van der Waals surface area (Å²) in [5, 5.41) is 11.1. The molecule has 2 rings (SSSR count). The fourth-order valence-electron chi connectivity index (χ4n) is 1.97. The molecule has 0 heterocycles. The fourth-order valence-corrected chi connectivity index (χ4v) is 2.85. The van der Waals surface area contributed by atoms with Gasteiger partial charge in [0.05, 0.1) is 14.2 Å². The van der Waals surface area contributed by atoms with Gasteiger partial charge in [0.15, 0.2) is 0 Å². The van der Waals surface area contributed by atoms with Crippen LogP contribution < -0.4 is 9.47 Å². The first kappa shape index (κ1) is 15.2. The minimum absolute atomic E-state index is 0.551. The molecule has 20 heavy (non-hydrogen) atoms. The number of aliphatic hydroxyl groups excluding tert-OH is 1. The summed E-state index contributed by atoms with van der Waals surface area (Å²) in [6.07, 6.45) is -0.852. The summed E-state index contributed by atoms with van der Waals surface area (Å²) >= 11 is 9.38. The highest BCUT2D eigenvalue weighted by Gasteiger charge is 2.17. The lowest BCUT2D eigenvalue weighted by atomic mass is 10.0. The summed E-state index contributed by atoms with van der Waals surface area (Å²) in [6, 6.07) is 10.6. The van der Waals surface area contributed by atoms with Gasteiger partial charge in [0, 0.05) is 15.1 Å². The summed E-state index contributed by atoms with van der Waals surface area (Å²) in [6.45, 7) is 0. The van der Waals surface area contributed by atoms with E-state index in [-0.39, 0.29) is 0 Å². The Labute approximate surface area is 131 Å². The maximum absolute atomic E-state index is 10.6. The molecule has 0 aromatic heterocycles. The SMILES string of the molecule is COc1ccc(OC)c(C(O)c2cc(Cl)cc(Br)c2)c1. The zero-order valence-electron chi connectivity index (χ0n) is 11.1. The minimum atomic E-state index is -0.852. The molecule has 0 aliphatic carbocycles. The third kappa shape index (κ3) is 3.26. The van der Waals surface area contributed by atoms with E-state index in [1.54, 1.807) is 44.6 Å². The van der Waals surface area contributed by atoms with Gasteiger partial charge in [-0.1, -0.05) is 27.5 Å². The molecule has 5 heteroatoms. The van der Waals surface area contributed by atoms with Crippen molar-refractivity contribution in [3.05, 3.63) is 57.0 Å². The smallest absolute Gasteiger partial charge is 0.125 e. The summed E-state index contributed by atoms with van der Waals surface area (Å²) in [7, 11) is 3.14. The summed E-state index contributed by atoms with van der Waals surface area (Å²) < 4.78 is 11.3. The first-order chi connectivity index (χ1) is 9.55. The monoisotopic (exact) mass is 356 g/mol. The topological polar surface area (TPSA) is 38.7 Å². The number of benzene rings is 2. The molecule has 1 unspecified atom stereocenters. The minimum Gasteiger partial charge on any atom is -0.497 e. The Morgan fingerprint density at radius 2 is 1.85 bits per heavy atom. The highest BCUT2D eigenvalue weighted by atomic mass is 79.9. The molecule has 3 nitrogen and oxygen atoms in total. The van der Waals surface area contributed by atoms with Gasteiger partial charge in [0.2, 0.25) is 0 Å². The van der Waals surface area contributed by atoms with E-state index in [9.17, 15) is 5.11 Å². The third-order valence-electron chi connectivity index (χ3n) is 2.93. The molecule has 1 N–H and O–H groups in total. The van der Waals surface area contributed by atoms with Gasteiger partial charge in [-0.05, 0) is 42.0 Å². The Bertz CT molecular complexity index is 596. The number of ether oxygens (including phenoxy) is 2. The van der Waals surface area contributed by atoms with Gasteiger partial charge >= 0.3 is 0 Å². The van der Waals surface area contributed by atoms with E-state index >= 15 is 0 Å². The van der Waals surface area contributed by atoms with E-state index in [1.165, 1.54) is 0 Å². The Morgan fingerprint density at radius 3 is 2.45 bits per heavy atom. The van der Waals surface area contributed by atoms with Crippen LogP contribution in [0.1, 0.15) is 17.2 Å². The van der Waals surface area contributed by atoms with E-state index < -0.39 is 6.10 Å². The predicted molar refractivity (Wildman–Crippen MR) is 82.8 cm³/mol. The molecule has 0 saturated carbocycles. The lowest BCUT2D eigenvalue weighted by molar-refractivity contribution is 0.214. The third-order valence-corrected chi connectivity index (χ3v) is 3.61. The van der Waals surface area contributed by atoms with Crippen LogP contribution in [0.5, 0.6) is 11.5 Å². The molecule has 1 atom stereocenters. The van der Waals surface area contributed by atoms with E-state index in [0.717, 1.165) is 4.47 Å². The maximum Gasteiger partial charge on any atom is 0.125 e. The van der Waals surface area contributed by atoms with Crippen molar-refractivity contribution in [2.75, 3.05) is 14.2 Å². The van der Waals surface area contributed by atoms with Crippen LogP contribution in [0.3, 0.4) is 0 Å². The molecule has 2 aromatic carbocycles. The molecule has 106 valence electrons. The largest absolute Gasteiger partial charge is 0.497 e. The van der Waals surface area contributed by atoms with Gasteiger partial charge in [-0.15, -0.1) is 0 Å². The molecule has 0 amide bonds. The van der Waals surface area contributed by atoms with Gasteiger partial charge in [-0.25, -0.2) is 0 Å². The molecule has 0 bridgehead atoms. The lowest BCUT2D eigenvalue weighted by Crippen LogP contribution is -2.03. The first-order valence-corrected chi connectivity index (χ1v) is 7.08. The highest BCUT2D eigenvalue weighted by molar-refractivity contribution is 9.10. The summed E-state index contributed by atoms with van der Waals surface area (Å²) in [5.41, 5.74) is 1.30. The molecule has 0 spiro atoms. The number of halogens is 2. The predicted octanol–water partition coefficient (Wildman–Crippen LogP) is 4.20. The standard InChI is InChI=1S/C15H14BrClO3/c1-19-12-3-4-14(20-2)13(8-12)15(18)9-5-10(16)7-11(17)6-9/h3-8,15,18H,1-2H3. The second kappa shape index (κ2) is 6.48. The van der Waals surface area contributed by atoms with Crippen molar-refractivity contribution < 1.29 is 14.6 Å². The van der Waals surface area contributed by atoms with E-state index in [1.807, 2.05) is 6.07 Å². The summed E-state index contributed by atoms with van der Waals surface area (Å²) in [4.78, 5) is 0. The van der Waals surface area contributed by atoms with Gasteiger partial charge in [0.25, 0.3) is 0 Å². The first-order valence-electron chi connectivity index (χ1n) is 5.91.